The second kappa shape index (κ2) is 6.98. The molecular formula is C13H20N2O3. The van der Waals surface area contributed by atoms with E-state index in [4.69, 9.17) is 10.5 Å². The van der Waals surface area contributed by atoms with E-state index < -0.39 is 12.1 Å². The van der Waals surface area contributed by atoms with Crippen LogP contribution in [0.1, 0.15) is 24.2 Å². The van der Waals surface area contributed by atoms with Gasteiger partial charge in [0.2, 0.25) is 0 Å². The fourth-order valence-corrected chi connectivity index (χ4v) is 1.41. The van der Waals surface area contributed by atoms with Crippen LogP contribution in [0.4, 0.5) is 0 Å². The van der Waals surface area contributed by atoms with Gasteiger partial charge in [-0.25, -0.2) is 0 Å². The number of carbonyl (C=O) groups is 1. The maximum absolute atomic E-state index is 11.9. The van der Waals surface area contributed by atoms with Gasteiger partial charge in [-0.3, -0.25) is 4.79 Å². The molecule has 0 aliphatic carbocycles. The Balaban J connectivity index is 2.66. The summed E-state index contributed by atoms with van der Waals surface area (Å²) in [4.78, 5) is 11.9. The van der Waals surface area contributed by atoms with Crippen LogP contribution in [-0.4, -0.2) is 36.3 Å². The van der Waals surface area contributed by atoms with Gasteiger partial charge in [-0.15, -0.1) is 0 Å². The van der Waals surface area contributed by atoms with Crippen LogP contribution in [0.25, 0.3) is 0 Å². The minimum atomic E-state index is -0.660. The third kappa shape index (κ3) is 4.01. The summed E-state index contributed by atoms with van der Waals surface area (Å²) in [7, 11) is 0. The van der Waals surface area contributed by atoms with Crippen molar-refractivity contribution in [1.29, 1.82) is 0 Å². The Hall–Kier alpha value is -1.59. The Kier molecular flexibility index (Phi) is 5.61. The third-order valence-corrected chi connectivity index (χ3v) is 2.55. The van der Waals surface area contributed by atoms with Crippen molar-refractivity contribution in [3.8, 4) is 5.75 Å². The van der Waals surface area contributed by atoms with Gasteiger partial charge in [-0.2, -0.15) is 0 Å². The molecule has 0 fully saturated rings. The average Bonchev–Trinajstić information content (AvgIpc) is 2.36. The topological polar surface area (TPSA) is 84.6 Å². The summed E-state index contributed by atoms with van der Waals surface area (Å²) >= 11 is 0. The minimum Gasteiger partial charge on any atom is -0.493 e. The monoisotopic (exact) mass is 252 g/mol. The second-order valence-corrected chi connectivity index (χ2v) is 4.04. The molecule has 1 rings (SSSR count). The van der Waals surface area contributed by atoms with E-state index in [0.717, 1.165) is 0 Å². The SMILES string of the molecule is CCOc1ccccc1C(=O)NCC(N)C(C)O. The lowest BCUT2D eigenvalue weighted by molar-refractivity contribution is 0.0934. The van der Waals surface area contributed by atoms with E-state index in [1.807, 2.05) is 13.0 Å². The molecule has 0 aliphatic heterocycles. The summed E-state index contributed by atoms with van der Waals surface area (Å²) in [6, 6.07) is 6.53. The molecule has 1 aromatic rings. The number of rotatable bonds is 6. The molecule has 0 saturated carbocycles. The number of hydrogen-bond donors (Lipinski definition) is 3. The van der Waals surface area contributed by atoms with Crippen molar-refractivity contribution in [2.45, 2.75) is 26.0 Å². The molecule has 2 unspecified atom stereocenters. The van der Waals surface area contributed by atoms with Gasteiger partial charge in [0.1, 0.15) is 5.75 Å². The molecule has 0 radical (unpaired) electrons. The number of carbonyl (C=O) groups excluding carboxylic acids is 1. The van der Waals surface area contributed by atoms with Crippen LogP contribution < -0.4 is 15.8 Å². The number of ether oxygens (including phenoxy) is 1. The van der Waals surface area contributed by atoms with Crippen LogP contribution in [-0.2, 0) is 0 Å². The third-order valence-electron chi connectivity index (χ3n) is 2.55. The van der Waals surface area contributed by atoms with Gasteiger partial charge in [0.15, 0.2) is 0 Å². The van der Waals surface area contributed by atoms with Crippen molar-refractivity contribution in [2.24, 2.45) is 5.73 Å². The van der Waals surface area contributed by atoms with Gasteiger partial charge in [0, 0.05) is 12.6 Å². The van der Waals surface area contributed by atoms with E-state index in [9.17, 15) is 9.90 Å². The molecule has 5 heteroatoms. The first-order valence-electron chi connectivity index (χ1n) is 6.00. The van der Waals surface area contributed by atoms with E-state index in [2.05, 4.69) is 5.32 Å². The maximum Gasteiger partial charge on any atom is 0.255 e. The Morgan fingerprint density at radius 3 is 2.78 bits per heavy atom. The highest BCUT2D eigenvalue weighted by molar-refractivity contribution is 5.96. The first-order chi connectivity index (χ1) is 8.56. The summed E-state index contributed by atoms with van der Waals surface area (Å²) in [5, 5.41) is 11.9. The standard InChI is InChI=1S/C13H20N2O3/c1-3-18-12-7-5-4-6-10(12)13(17)15-8-11(14)9(2)16/h4-7,9,11,16H,3,8,14H2,1-2H3,(H,15,17). The number of benzene rings is 1. The van der Waals surface area contributed by atoms with Crippen molar-refractivity contribution in [2.75, 3.05) is 13.2 Å². The Morgan fingerprint density at radius 2 is 2.17 bits per heavy atom. The number of nitrogens with one attached hydrogen (secondary N) is 1. The average molecular weight is 252 g/mol. The van der Waals surface area contributed by atoms with Crippen LogP contribution >= 0.6 is 0 Å². The van der Waals surface area contributed by atoms with E-state index >= 15 is 0 Å². The molecule has 4 N–H and O–H groups in total. The summed E-state index contributed by atoms with van der Waals surface area (Å²) in [5.41, 5.74) is 6.11. The maximum atomic E-state index is 11.9. The zero-order valence-electron chi connectivity index (χ0n) is 10.7. The fourth-order valence-electron chi connectivity index (χ4n) is 1.41. The Morgan fingerprint density at radius 1 is 1.50 bits per heavy atom. The molecule has 1 aromatic carbocycles. The van der Waals surface area contributed by atoms with Crippen molar-refractivity contribution >= 4 is 5.91 Å². The molecule has 0 heterocycles. The lowest BCUT2D eigenvalue weighted by Gasteiger charge is -2.16. The smallest absolute Gasteiger partial charge is 0.255 e. The highest BCUT2D eigenvalue weighted by Crippen LogP contribution is 2.17. The number of para-hydroxylation sites is 1. The lowest BCUT2D eigenvalue weighted by Crippen LogP contribution is -2.43. The van der Waals surface area contributed by atoms with Gasteiger partial charge in [0.25, 0.3) is 5.91 Å². The Bertz CT molecular complexity index is 394. The predicted molar refractivity (Wildman–Crippen MR) is 69.6 cm³/mol. The normalized spacial score (nSPS) is 13.8. The number of aliphatic hydroxyl groups excluding tert-OH is 1. The van der Waals surface area contributed by atoms with Crippen LogP contribution in [0.15, 0.2) is 24.3 Å². The molecule has 0 spiro atoms. The molecular weight excluding hydrogens is 232 g/mol. The van der Waals surface area contributed by atoms with Crippen molar-refractivity contribution in [3.63, 3.8) is 0 Å². The molecule has 5 nitrogen and oxygen atoms in total. The molecule has 0 bridgehead atoms. The summed E-state index contributed by atoms with van der Waals surface area (Å²) in [6.45, 7) is 4.16. The Labute approximate surface area is 107 Å². The molecule has 0 saturated heterocycles. The van der Waals surface area contributed by atoms with E-state index in [1.165, 1.54) is 0 Å². The molecule has 100 valence electrons. The molecule has 0 aliphatic rings. The quantitative estimate of drug-likeness (QED) is 0.689. The fraction of sp³-hybridized carbons (Fsp3) is 0.462. The number of nitrogens with two attached hydrogens (primary N) is 1. The minimum absolute atomic E-state index is 0.219. The van der Waals surface area contributed by atoms with Gasteiger partial charge in [0.05, 0.1) is 18.3 Å². The summed E-state index contributed by atoms with van der Waals surface area (Å²) in [6.07, 6.45) is -0.660. The highest BCUT2D eigenvalue weighted by Gasteiger charge is 2.14. The van der Waals surface area contributed by atoms with Crippen molar-refractivity contribution in [3.05, 3.63) is 29.8 Å². The number of hydrogen-bond acceptors (Lipinski definition) is 4. The van der Waals surface area contributed by atoms with Crippen molar-refractivity contribution < 1.29 is 14.6 Å². The van der Waals surface area contributed by atoms with E-state index in [-0.39, 0.29) is 12.5 Å². The second-order valence-electron chi connectivity index (χ2n) is 4.04. The lowest BCUT2D eigenvalue weighted by atomic mass is 10.1. The predicted octanol–water partition coefficient (Wildman–Crippen LogP) is 0.523. The van der Waals surface area contributed by atoms with E-state index in [1.54, 1.807) is 25.1 Å². The highest BCUT2D eigenvalue weighted by atomic mass is 16.5. The van der Waals surface area contributed by atoms with Gasteiger partial charge in [-0.05, 0) is 26.0 Å². The van der Waals surface area contributed by atoms with Crippen LogP contribution in [0.2, 0.25) is 0 Å². The number of aliphatic hydroxyl groups is 1. The van der Waals surface area contributed by atoms with Crippen LogP contribution in [0, 0.1) is 0 Å². The van der Waals surface area contributed by atoms with Crippen molar-refractivity contribution in [1.82, 2.24) is 5.32 Å². The van der Waals surface area contributed by atoms with Gasteiger partial charge < -0.3 is 20.9 Å². The van der Waals surface area contributed by atoms with Gasteiger partial charge >= 0.3 is 0 Å². The first kappa shape index (κ1) is 14.5. The molecule has 2 atom stereocenters. The summed E-state index contributed by atoms with van der Waals surface area (Å²) < 4.78 is 5.37. The number of amides is 1. The van der Waals surface area contributed by atoms with Crippen LogP contribution in [0.3, 0.4) is 0 Å². The van der Waals surface area contributed by atoms with Gasteiger partial charge in [-0.1, -0.05) is 12.1 Å². The van der Waals surface area contributed by atoms with E-state index in [0.29, 0.717) is 17.9 Å². The summed E-state index contributed by atoms with van der Waals surface area (Å²) in [5.74, 6) is 0.290. The van der Waals surface area contributed by atoms with Crippen LogP contribution in [0.5, 0.6) is 5.75 Å². The largest absolute Gasteiger partial charge is 0.493 e. The first-order valence-corrected chi connectivity index (χ1v) is 6.00. The molecule has 0 aromatic heterocycles. The molecule has 1 amide bonds. The zero-order chi connectivity index (χ0) is 13.5. The molecule has 18 heavy (non-hydrogen) atoms. The zero-order valence-corrected chi connectivity index (χ0v) is 10.7.